The van der Waals surface area contributed by atoms with Crippen molar-refractivity contribution in [1.82, 2.24) is 14.9 Å². The largest absolute Gasteiger partial charge is 0.398 e. The molecule has 6 nitrogen and oxygen atoms in total. The average Bonchev–Trinajstić information content (AvgIpc) is 3.26. The smallest absolute Gasteiger partial charge is 0.319 e. The van der Waals surface area contributed by atoms with Gasteiger partial charge in [-0.15, -0.1) is 0 Å². The number of imidazole rings is 1. The maximum atomic E-state index is 12.7. The minimum absolute atomic E-state index is 0.135. The van der Waals surface area contributed by atoms with E-state index in [-0.39, 0.29) is 12.1 Å². The fraction of sp³-hybridized carbons (Fsp3) is 0.355. The monoisotopic (exact) mass is 495 g/mol. The van der Waals surface area contributed by atoms with Crippen molar-refractivity contribution in [3.8, 4) is 16.8 Å². The van der Waals surface area contributed by atoms with E-state index >= 15 is 0 Å². The lowest BCUT2D eigenvalue weighted by Gasteiger charge is -2.22. The third-order valence-electron chi connectivity index (χ3n) is 7.40. The van der Waals surface area contributed by atoms with Crippen molar-refractivity contribution in [1.29, 1.82) is 0 Å². The first kappa shape index (κ1) is 24.9. The SMILES string of the molecule is CCCCc1nc2ccc(NC(=O)NC3CCCCC3)cc2n1-c1ccc(-c2ccccc2N)c(C)c1. The third kappa shape index (κ3) is 5.48. The molecule has 1 fully saturated rings. The van der Waals surface area contributed by atoms with Gasteiger partial charge in [0.05, 0.1) is 11.0 Å². The lowest BCUT2D eigenvalue weighted by Crippen LogP contribution is -2.39. The lowest BCUT2D eigenvalue weighted by atomic mass is 9.96. The first-order valence-electron chi connectivity index (χ1n) is 13.6. The fourth-order valence-corrected chi connectivity index (χ4v) is 5.42. The van der Waals surface area contributed by atoms with Gasteiger partial charge in [0.15, 0.2) is 0 Å². The number of nitrogens with one attached hydrogen (secondary N) is 2. The molecule has 1 heterocycles. The normalized spacial score (nSPS) is 14.1. The zero-order valence-corrected chi connectivity index (χ0v) is 21.9. The Morgan fingerprint density at radius 3 is 2.59 bits per heavy atom. The molecular weight excluding hydrogens is 458 g/mol. The molecular formula is C31H37N5O. The Morgan fingerprint density at radius 1 is 1.03 bits per heavy atom. The van der Waals surface area contributed by atoms with Gasteiger partial charge in [0.25, 0.3) is 0 Å². The van der Waals surface area contributed by atoms with Crippen LogP contribution in [-0.2, 0) is 6.42 Å². The summed E-state index contributed by atoms with van der Waals surface area (Å²) in [6, 6.07) is 20.6. The summed E-state index contributed by atoms with van der Waals surface area (Å²) in [6.45, 7) is 4.32. The number of hydrogen-bond donors (Lipinski definition) is 3. The molecule has 1 saturated carbocycles. The van der Waals surface area contributed by atoms with Gasteiger partial charge in [0.2, 0.25) is 0 Å². The molecule has 4 N–H and O–H groups in total. The van der Waals surface area contributed by atoms with Crippen LogP contribution in [0.3, 0.4) is 0 Å². The first-order valence-corrected chi connectivity index (χ1v) is 13.6. The van der Waals surface area contributed by atoms with Crippen LogP contribution in [-0.4, -0.2) is 21.6 Å². The van der Waals surface area contributed by atoms with Crippen LogP contribution in [0.4, 0.5) is 16.2 Å². The van der Waals surface area contributed by atoms with Crippen LogP contribution in [0.1, 0.15) is 63.3 Å². The van der Waals surface area contributed by atoms with Crippen molar-refractivity contribution in [2.45, 2.75) is 71.3 Å². The number of amides is 2. The number of carbonyl (C=O) groups excluding carboxylic acids is 1. The summed E-state index contributed by atoms with van der Waals surface area (Å²) in [4.78, 5) is 17.7. The number of unbranched alkanes of at least 4 members (excludes halogenated alkanes) is 1. The van der Waals surface area contributed by atoms with Crippen LogP contribution in [0, 0.1) is 6.92 Å². The van der Waals surface area contributed by atoms with Crippen LogP contribution >= 0.6 is 0 Å². The molecule has 5 rings (SSSR count). The molecule has 6 heteroatoms. The van der Waals surface area contributed by atoms with Crippen LogP contribution in [0.15, 0.2) is 60.7 Å². The van der Waals surface area contributed by atoms with E-state index in [0.29, 0.717) is 0 Å². The van der Waals surface area contributed by atoms with Gasteiger partial charge < -0.3 is 16.4 Å². The van der Waals surface area contributed by atoms with Gasteiger partial charge >= 0.3 is 6.03 Å². The number of nitrogens with two attached hydrogens (primary N) is 1. The molecule has 192 valence electrons. The van der Waals surface area contributed by atoms with Crippen molar-refractivity contribution in [3.63, 3.8) is 0 Å². The van der Waals surface area contributed by atoms with E-state index in [9.17, 15) is 4.79 Å². The summed E-state index contributed by atoms with van der Waals surface area (Å²) in [6.07, 6.45) is 8.81. The van der Waals surface area contributed by atoms with Crippen LogP contribution < -0.4 is 16.4 Å². The first-order chi connectivity index (χ1) is 18.0. The van der Waals surface area contributed by atoms with E-state index < -0.39 is 0 Å². The molecule has 1 aliphatic carbocycles. The average molecular weight is 496 g/mol. The number of anilines is 2. The topological polar surface area (TPSA) is 85.0 Å². The number of rotatable bonds is 7. The van der Waals surface area contributed by atoms with E-state index in [4.69, 9.17) is 10.7 Å². The van der Waals surface area contributed by atoms with Crippen molar-refractivity contribution in [2.75, 3.05) is 11.1 Å². The van der Waals surface area contributed by atoms with Crippen LogP contribution in [0.2, 0.25) is 0 Å². The highest BCUT2D eigenvalue weighted by atomic mass is 16.2. The van der Waals surface area contributed by atoms with Crippen molar-refractivity contribution in [2.24, 2.45) is 0 Å². The molecule has 4 aromatic rings. The number of nitrogens with zero attached hydrogens (tertiary/aromatic N) is 2. The highest BCUT2D eigenvalue weighted by Crippen LogP contribution is 2.32. The number of carbonyl (C=O) groups is 1. The van der Waals surface area contributed by atoms with Gasteiger partial charge in [-0.25, -0.2) is 9.78 Å². The minimum Gasteiger partial charge on any atom is -0.398 e. The summed E-state index contributed by atoms with van der Waals surface area (Å²) >= 11 is 0. The quantitative estimate of drug-likeness (QED) is 0.234. The van der Waals surface area contributed by atoms with E-state index in [2.05, 4.69) is 53.3 Å². The van der Waals surface area contributed by atoms with Crippen molar-refractivity contribution >= 4 is 28.4 Å². The predicted octanol–water partition coefficient (Wildman–Crippen LogP) is 7.38. The number of nitrogen functional groups attached to an aromatic ring is 1. The zero-order valence-electron chi connectivity index (χ0n) is 21.9. The van der Waals surface area contributed by atoms with Gasteiger partial charge in [-0.05, 0) is 73.7 Å². The molecule has 0 saturated heterocycles. The van der Waals surface area contributed by atoms with Crippen LogP contribution in [0.5, 0.6) is 0 Å². The third-order valence-corrected chi connectivity index (χ3v) is 7.40. The van der Waals surface area contributed by atoms with Crippen molar-refractivity contribution < 1.29 is 4.79 Å². The highest BCUT2D eigenvalue weighted by molar-refractivity contribution is 5.92. The Morgan fingerprint density at radius 2 is 1.84 bits per heavy atom. The fourth-order valence-electron chi connectivity index (χ4n) is 5.42. The summed E-state index contributed by atoms with van der Waals surface area (Å²) in [7, 11) is 0. The lowest BCUT2D eigenvalue weighted by molar-refractivity contribution is 0.244. The second-order valence-electron chi connectivity index (χ2n) is 10.2. The molecule has 37 heavy (non-hydrogen) atoms. The number of hydrogen-bond acceptors (Lipinski definition) is 3. The van der Waals surface area contributed by atoms with Crippen molar-refractivity contribution in [3.05, 3.63) is 72.1 Å². The van der Waals surface area contributed by atoms with E-state index in [0.717, 1.165) is 82.7 Å². The molecule has 0 atom stereocenters. The van der Waals surface area contributed by atoms with Gasteiger partial charge in [-0.2, -0.15) is 0 Å². The molecule has 2 amide bonds. The minimum atomic E-state index is -0.135. The predicted molar refractivity (Wildman–Crippen MR) is 153 cm³/mol. The Balaban J connectivity index is 1.49. The summed E-state index contributed by atoms with van der Waals surface area (Å²) in [5, 5.41) is 6.20. The molecule has 1 aliphatic rings. The Kier molecular flexibility index (Phi) is 7.45. The van der Waals surface area contributed by atoms with Gasteiger partial charge in [-0.3, -0.25) is 4.57 Å². The summed E-state index contributed by atoms with van der Waals surface area (Å²) < 4.78 is 2.24. The van der Waals surface area contributed by atoms with Gasteiger partial charge in [0.1, 0.15) is 5.82 Å². The summed E-state index contributed by atoms with van der Waals surface area (Å²) in [5.74, 6) is 1.03. The number of benzene rings is 3. The van der Waals surface area contributed by atoms with Gasteiger partial charge in [-0.1, -0.05) is 56.9 Å². The molecule has 1 aromatic heterocycles. The number of aromatic nitrogens is 2. The maximum absolute atomic E-state index is 12.7. The molecule has 3 aromatic carbocycles. The van der Waals surface area contributed by atoms with Gasteiger partial charge in [0, 0.05) is 35.1 Å². The second kappa shape index (κ2) is 11.1. The van der Waals surface area contributed by atoms with E-state index in [1.54, 1.807) is 0 Å². The Hall–Kier alpha value is -3.80. The Labute approximate surface area is 219 Å². The number of urea groups is 1. The van der Waals surface area contributed by atoms with E-state index in [1.807, 2.05) is 36.4 Å². The molecule has 0 aliphatic heterocycles. The Bertz CT molecular complexity index is 1400. The zero-order chi connectivity index (χ0) is 25.8. The number of aryl methyl sites for hydroxylation is 2. The summed E-state index contributed by atoms with van der Waals surface area (Å²) in [5.41, 5.74) is 14.1. The van der Waals surface area contributed by atoms with E-state index in [1.165, 1.54) is 19.3 Å². The number of para-hydroxylation sites is 1. The number of fused-ring (bicyclic) bond motifs is 1. The molecule has 0 radical (unpaired) electrons. The standard InChI is InChI=1S/C31H37N5O/c1-3-4-14-30-35-28-18-15-23(34-31(37)33-22-10-6-5-7-11-22)20-29(28)36(30)24-16-17-25(21(2)19-24)26-12-8-9-13-27(26)32/h8-9,12-13,15-20,22H,3-7,10-11,14,32H2,1-2H3,(H2,33,34,37). The molecule has 0 bridgehead atoms. The highest BCUT2D eigenvalue weighted by Gasteiger charge is 2.18. The molecule has 0 unspecified atom stereocenters. The second-order valence-corrected chi connectivity index (χ2v) is 10.2. The van der Waals surface area contributed by atoms with Crippen LogP contribution in [0.25, 0.3) is 27.8 Å². The maximum Gasteiger partial charge on any atom is 0.319 e. The molecule has 0 spiro atoms.